The van der Waals surface area contributed by atoms with Crippen LogP contribution >= 0.6 is 12.2 Å². The molecule has 1 N–H and O–H groups in total. The van der Waals surface area contributed by atoms with Gasteiger partial charge < -0.3 is 5.10 Å². The van der Waals surface area contributed by atoms with Crippen molar-refractivity contribution >= 4 is 18.0 Å². The summed E-state index contributed by atoms with van der Waals surface area (Å²) in [5, 5.41) is 2.81. The fourth-order valence-electron chi connectivity index (χ4n) is 0.715. The molecule has 0 aromatic carbocycles. The molecule has 0 bridgehead atoms. The molecule has 54 valence electrons. The highest BCUT2D eigenvalue weighted by Crippen LogP contribution is 2.00. The molecule has 10 heavy (non-hydrogen) atoms. The summed E-state index contributed by atoms with van der Waals surface area (Å²) in [5.41, 5.74) is 0.581. The predicted molar refractivity (Wildman–Crippen MR) is 40.6 cm³/mol. The number of aromatic amines is 1. The zero-order valence-corrected chi connectivity index (χ0v) is 6.66. The van der Waals surface area contributed by atoms with Crippen LogP contribution < -0.4 is 0 Å². The molecular formula is C6H8N2OS. The fourth-order valence-corrected chi connectivity index (χ4v) is 0.970. The zero-order chi connectivity index (χ0) is 7.72. The molecular weight excluding hydrogens is 148 g/mol. The van der Waals surface area contributed by atoms with E-state index in [0.717, 1.165) is 0 Å². The molecule has 0 amide bonds. The molecule has 0 radical (unpaired) electrons. The van der Waals surface area contributed by atoms with Gasteiger partial charge in [0.25, 0.3) is 0 Å². The maximum Gasteiger partial charge on any atom is 0.164 e. The summed E-state index contributed by atoms with van der Waals surface area (Å²) in [5.74, 6) is 0.00171. The van der Waals surface area contributed by atoms with Crippen molar-refractivity contribution in [3.8, 4) is 0 Å². The summed E-state index contributed by atoms with van der Waals surface area (Å²) in [7, 11) is 1.77. The molecule has 0 atom stereocenters. The lowest BCUT2D eigenvalue weighted by Crippen LogP contribution is -1.92. The van der Waals surface area contributed by atoms with Crippen LogP contribution in [-0.2, 0) is 7.05 Å². The average molecular weight is 156 g/mol. The molecule has 0 aliphatic rings. The highest BCUT2D eigenvalue weighted by atomic mass is 32.1. The van der Waals surface area contributed by atoms with Crippen molar-refractivity contribution in [2.45, 2.75) is 6.92 Å². The summed E-state index contributed by atoms with van der Waals surface area (Å²) in [6, 6.07) is 0. The maximum absolute atomic E-state index is 10.8. The second kappa shape index (κ2) is 2.38. The smallest absolute Gasteiger partial charge is 0.164 e. The number of aromatic nitrogens is 2. The third-order valence-corrected chi connectivity index (χ3v) is 1.81. The Morgan fingerprint density at radius 3 is 2.60 bits per heavy atom. The summed E-state index contributed by atoms with van der Waals surface area (Å²) in [6.07, 6.45) is 1.62. The number of aryl methyl sites for hydroxylation is 1. The van der Waals surface area contributed by atoms with Crippen LogP contribution in [-0.4, -0.2) is 15.6 Å². The van der Waals surface area contributed by atoms with Gasteiger partial charge in [-0.15, -0.1) is 0 Å². The second-order valence-corrected chi connectivity index (χ2v) is 2.49. The number of nitrogens with one attached hydrogen (secondary N) is 1. The first-order chi connectivity index (χ1) is 4.63. The number of ketones is 1. The topological polar surface area (TPSA) is 37.8 Å². The Morgan fingerprint density at radius 1 is 1.80 bits per heavy atom. The quantitative estimate of drug-likeness (QED) is 0.491. The minimum absolute atomic E-state index is 0.00171. The van der Waals surface area contributed by atoms with E-state index in [1.54, 1.807) is 17.9 Å². The van der Waals surface area contributed by atoms with E-state index in [-0.39, 0.29) is 5.78 Å². The van der Waals surface area contributed by atoms with Gasteiger partial charge in [0.1, 0.15) is 4.64 Å². The molecule has 0 aliphatic carbocycles. The van der Waals surface area contributed by atoms with E-state index >= 15 is 0 Å². The molecule has 0 unspecified atom stereocenters. The van der Waals surface area contributed by atoms with Crippen LogP contribution in [0.3, 0.4) is 0 Å². The van der Waals surface area contributed by atoms with E-state index in [4.69, 9.17) is 12.2 Å². The van der Waals surface area contributed by atoms with Gasteiger partial charge in [0.2, 0.25) is 0 Å². The number of rotatable bonds is 1. The van der Waals surface area contributed by atoms with Crippen LogP contribution in [0.1, 0.15) is 17.3 Å². The molecule has 0 saturated carbocycles. The third kappa shape index (κ3) is 1.02. The predicted octanol–water partition coefficient (Wildman–Crippen LogP) is 1.29. The van der Waals surface area contributed by atoms with Crippen molar-refractivity contribution in [2.75, 3.05) is 0 Å². The molecule has 0 saturated heterocycles. The van der Waals surface area contributed by atoms with Crippen LogP contribution in [0.2, 0.25) is 0 Å². The third-order valence-electron chi connectivity index (χ3n) is 1.32. The molecule has 0 aliphatic heterocycles. The first kappa shape index (κ1) is 7.21. The van der Waals surface area contributed by atoms with Crippen molar-refractivity contribution in [1.82, 2.24) is 9.78 Å². The first-order valence-electron chi connectivity index (χ1n) is 2.88. The summed E-state index contributed by atoms with van der Waals surface area (Å²) >= 11 is 4.91. The van der Waals surface area contributed by atoms with Gasteiger partial charge >= 0.3 is 0 Å². The average Bonchev–Trinajstić information content (AvgIpc) is 2.14. The van der Waals surface area contributed by atoms with E-state index in [2.05, 4.69) is 5.10 Å². The van der Waals surface area contributed by atoms with Crippen molar-refractivity contribution in [1.29, 1.82) is 0 Å². The van der Waals surface area contributed by atoms with Crippen LogP contribution in [0.25, 0.3) is 0 Å². The largest absolute Gasteiger partial charge is 0.304 e. The van der Waals surface area contributed by atoms with E-state index in [9.17, 15) is 4.79 Å². The summed E-state index contributed by atoms with van der Waals surface area (Å²) in [4.78, 5) is 10.8. The standard InChI is InChI=1S/C6H8N2OS/c1-4(9)5-3-7-8(2)6(5)10/h3,7H,1-2H3. The van der Waals surface area contributed by atoms with Gasteiger partial charge in [0.15, 0.2) is 5.78 Å². The molecule has 0 fully saturated rings. The van der Waals surface area contributed by atoms with Crippen molar-refractivity contribution in [3.63, 3.8) is 0 Å². The zero-order valence-electron chi connectivity index (χ0n) is 5.84. The van der Waals surface area contributed by atoms with Gasteiger partial charge in [0, 0.05) is 13.2 Å². The fraction of sp³-hybridized carbons (Fsp3) is 0.333. The minimum atomic E-state index is 0.00171. The van der Waals surface area contributed by atoms with Crippen LogP contribution in [0.15, 0.2) is 6.20 Å². The Labute approximate surface area is 63.7 Å². The molecule has 1 rings (SSSR count). The summed E-state index contributed by atoms with van der Waals surface area (Å²) < 4.78 is 2.19. The van der Waals surface area contributed by atoms with Crippen molar-refractivity contribution < 1.29 is 4.79 Å². The molecule has 4 heteroatoms. The number of hydrogen-bond donors (Lipinski definition) is 1. The minimum Gasteiger partial charge on any atom is -0.304 e. The Bertz CT molecular complexity index is 310. The lowest BCUT2D eigenvalue weighted by molar-refractivity contribution is 0.101. The molecule has 1 aromatic heterocycles. The van der Waals surface area contributed by atoms with Gasteiger partial charge in [-0.2, -0.15) is 0 Å². The SMILES string of the molecule is CC(=O)c1c[nH]n(C)c1=S. The number of hydrogen-bond acceptors (Lipinski definition) is 2. The number of Topliss-reactive ketones (excluding diaryl/α,β-unsaturated/α-hetero) is 1. The molecule has 3 nitrogen and oxygen atoms in total. The molecule has 1 aromatic rings. The van der Waals surface area contributed by atoms with Crippen LogP contribution in [0, 0.1) is 4.64 Å². The van der Waals surface area contributed by atoms with Gasteiger partial charge in [-0.1, -0.05) is 12.2 Å². The first-order valence-corrected chi connectivity index (χ1v) is 3.29. The number of carbonyl (C=O) groups is 1. The van der Waals surface area contributed by atoms with E-state index < -0.39 is 0 Å². The van der Waals surface area contributed by atoms with Crippen LogP contribution in [0.5, 0.6) is 0 Å². The van der Waals surface area contributed by atoms with Gasteiger partial charge in [-0.05, 0) is 6.92 Å². The highest BCUT2D eigenvalue weighted by Gasteiger charge is 2.02. The Morgan fingerprint density at radius 2 is 2.40 bits per heavy atom. The van der Waals surface area contributed by atoms with Crippen molar-refractivity contribution in [3.05, 3.63) is 16.4 Å². The van der Waals surface area contributed by atoms with Gasteiger partial charge in [-0.3, -0.25) is 9.48 Å². The second-order valence-electron chi connectivity index (χ2n) is 2.11. The van der Waals surface area contributed by atoms with E-state index in [1.165, 1.54) is 6.92 Å². The molecule has 1 heterocycles. The summed E-state index contributed by atoms with van der Waals surface area (Å²) in [6.45, 7) is 1.50. The monoisotopic (exact) mass is 156 g/mol. The van der Waals surface area contributed by atoms with Crippen molar-refractivity contribution in [2.24, 2.45) is 7.05 Å². The molecule has 0 spiro atoms. The lowest BCUT2D eigenvalue weighted by Gasteiger charge is -1.86. The Balaban J connectivity index is 3.32. The maximum atomic E-state index is 10.8. The number of H-pyrrole nitrogens is 1. The van der Waals surface area contributed by atoms with E-state index in [0.29, 0.717) is 10.2 Å². The Hall–Kier alpha value is -0.900. The van der Waals surface area contributed by atoms with Crippen LogP contribution in [0.4, 0.5) is 0 Å². The number of nitrogens with zero attached hydrogens (tertiary/aromatic N) is 1. The normalized spacial score (nSPS) is 9.80. The van der Waals surface area contributed by atoms with Gasteiger partial charge in [-0.25, -0.2) is 0 Å². The highest BCUT2D eigenvalue weighted by molar-refractivity contribution is 7.71. The number of carbonyl (C=O) groups excluding carboxylic acids is 1. The van der Waals surface area contributed by atoms with E-state index in [1.807, 2.05) is 0 Å². The Kier molecular flexibility index (Phi) is 1.72. The van der Waals surface area contributed by atoms with Gasteiger partial charge in [0.05, 0.1) is 5.56 Å². The lowest BCUT2D eigenvalue weighted by atomic mass is 10.3.